The fraction of sp³-hybridized carbons (Fsp3) is 0.932. The molecule has 3 fully saturated rings. The molecule has 1 amide bonds. The number of amides is 1. The van der Waals surface area contributed by atoms with Gasteiger partial charge in [-0.05, 0) is 164 Å². The van der Waals surface area contributed by atoms with Crippen LogP contribution in [0.15, 0.2) is 11.6 Å². The highest BCUT2D eigenvalue weighted by Crippen LogP contribution is 2.67. The first kappa shape index (κ1) is 43.5. The fourth-order valence-corrected chi connectivity index (χ4v) is 13.7. The molecular weight excluding hydrogens is 665 g/mol. The van der Waals surface area contributed by atoms with Crippen molar-refractivity contribution in [1.82, 2.24) is 10.2 Å². The van der Waals surface area contributed by atoms with E-state index in [-0.39, 0.29) is 11.1 Å². The number of rotatable bonds is 21. The Hall–Kier alpha value is -0.210. The molecule has 51 heavy (non-hydrogen) atoms. The minimum Gasteiger partial charge on any atom is -0.343 e. The molecule has 1 unspecified atom stereocenters. The van der Waals surface area contributed by atoms with Crippen molar-refractivity contribution in [3.63, 3.8) is 0 Å². The van der Waals surface area contributed by atoms with E-state index in [2.05, 4.69) is 89.4 Å². The molecule has 4 aliphatic carbocycles. The molecule has 5 nitrogen and oxygen atoms in total. The summed E-state index contributed by atoms with van der Waals surface area (Å²) >= 11 is 0. The summed E-state index contributed by atoms with van der Waals surface area (Å²) in [6.07, 6.45) is 22.7. The van der Waals surface area contributed by atoms with Crippen LogP contribution in [-0.2, 0) is 4.79 Å². The van der Waals surface area contributed by atoms with Crippen LogP contribution in [0.4, 0.5) is 0 Å². The maximum Gasteiger partial charge on any atom is 0.223 e. The molecule has 0 aliphatic heterocycles. The van der Waals surface area contributed by atoms with Crippen molar-refractivity contribution in [2.75, 3.05) is 31.9 Å². The first-order valence-corrected chi connectivity index (χ1v) is 23.9. The maximum atomic E-state index is 13.4. The molecule has 5 N–H and O–H groups in total. The Balaban J connectivity index is 1.22. The zero-order valence-electron chi connectivity index (χ0n) is 34.8. The Morgan fingerprint density at radius 1 is 0.922 bits per heavy atom. The van der Waals surface area contributed by atoms with E-state index in [1.54, 1.807) is 5.57 Å². The van der Waals surface area contributed by atoms with E-state index >= 15 is 0 Å². The van der Waals surface area contributed by atoms with E-state index in [0.717, 1.165) is 93.1 Å². The maximum absolute atomic E-state index is 13.4. The van der Waals surface area contributed by atoms with Gasteiger partial charge in [0.25, 0.3) is 0 Å². The van der Waals surface area contributed by atoms with E-state index in [9.17, 15) is 4.79 Å². The van der Waals surface area contributed by atoms with Crippen molar-refractivity contribution < 1.29 is 4.79 Å². The molecule has 4 rings (SSSR count). The van der Waals surface area contributed by atoms with Crippen LogP contribution in [0.25, 0.3) is 0 Å². The smallest absolute Gasteiger partial charge is 0.223 e. The van der Waals surface area contributed by atoms with Gasteiger partial charge in [0.15, 0.2) is 0 Å². The number of hydrogen-bond donors (Lipinski definition) is 3. The average molecular weight is 747 g/mol. The van der Waals surface area contributed by atoms with Crippen molar-refractivity contribution in [2.24, 2.45) is 57.8 Å². The lowest BCUT2D eigenvalue weighted by Gasteiger charge is -2.58. The van der Waals surface area contributed by atoms with Gasteiger partial charge in [-0.25, -0.2) is 0 Å². The largest absolute Gasteiger partial charge is 0.343 e. The number of carbonyl (C=O) groups excluding carboxylic acids is 1. The van der Waals surface area contributed by atoms with Crippen LogP contribution in [0.5, 0.6) is 0 Å². The third-order valence-electron chi connectivity index (χ3n) is 14.2. The average Bonchev–Trinajstić information content (AvgIpc) is 3.40. The van der Waals surface area contributed by atoms with Crippen LogP contribution in [0.3, 0.4) is 0 Å². The molecule has 4 aliphatic rings. The summed E-state index contributed by atoms with van der Waals surface area (Å²) in [6.45, 7) is 24.5. The van der Waals surface area contributed by atoms with Gasteiger partial charge in [0.2, 0.25) is 5.91 Å². The molecule has 7 heteroatoms. The predicted octanol–water partition coefficient (Wildman–Crippen LogP) is 10.6. The first-order valence-electron chi connectivity index (χ1n) is 21.5. The number of hydrogen-bond acceptors (Lipinski definition) is 6. The Morgan fingerprint density at radius 2 is 1.67 bits per heavy atom. The quantitative estimate of drug-likeness (QED) is 0.0616. The van der Waals surface area contributed by atoms with E-state index in [4.69, 9.17) is 11.5 Å². The van der Waals surface area contributed by atoms with Crippen LogP contribution < -0.4 is 16.8 Å². The number of unbranched alkanes of at least 4 members (excludes halogenated alkanes) is 1. The van der Waals surface area contributed by atoms with Gasteiger partial charge >= 0.3 is 0 Å². The van der Waals surface area contributed by atoms with Gasteiger partial charge in [-0.3, -0.25) is 4.79 Å². The summed E-state index contributed by atoms with van der Waals surface area (Å²) in [7, 11) is 4.03. The number of nitrogens with one attached hydrogen (secondary N) is 1. The van der Waals surface area contributed by atoms with Gasteiger partial charge in [0.1, 0.15) is 0 Å². The van der Waals surface area contributed by atoms with Crippen molar-refractivity contribution in [1.29, 1.82) is 0 Å². The van der Waals surface area contributed by atoms with Crippen LogP contribution in [0.2, 0.25) is 0 Å². The second-order valence-electron chi connectivity index (χ2n) is 20.1. The summed E-state index contributed by atoms with van der Waals surface area (Å²) in [5.41, 5.74) is 14.8. The van der Waals surface area contributed by atoms with Crippen LogP contribution in [0.1, 0.15) is 165 Å². The van der Waals surface area contributed by atoms with E-state index in [1.807, 2.05) is 10.8 Å². The fourth-order valence-electron chi connectivity index (χ4n) is 11.0. The van der Waals surface area contributed by atoms with Crippen LogP contribution in [-0.4, -0.2) is 59.1 Å². The number of nitrogens with zero attached hydrogens (tertiary/aromatic N) is 1. The molecule has 0 aromatic heterocycles. The molecule has 0 spiro atoms. The minimum atomic E-state index is -0.259. The summed E-state index contributed by atoms with van der Waals surface area (Å²) in [6, 6.07) is 0. The Morgan fingerprint density at radius 3 is 2.37 bits per heavy atom. The molecule has 0 bridgehead atoms. The summed E-state index contributed by atoms with van der Waals surface area (Å²) < 4.78 is 0. The van der Waals surface area contributed by atoms with Gasteiger partial charge in [0, 0.05) is 41.6 Å². The van der Waals surface area contributed by atoms with Gasteiger partial charge in [0.05, 0.1) is 0 Å². The van der Waals surface area contributed by atoms with Gasteiger partial charge in [-0.15, -0.1) is 0 Å². The standard InChI is InChI=1S/C44H82N4OS2/c1-32(2)13-12-14-33(3)37-17-18-38-36-16-15-34-31-35(19-22-43(34,8)39(36)20-23-44(37,38)9)51-50-30-21-40(49)48(29-25-42(6,7)46)28-11-10-26-47-27-24-41(4,5)45/h15,32-33,35-39,47H,10-14,16-31,45-46H2,1-9H3/t33?,35-,36-,37+,38-,39-,43-,44+/m0/s1. The van der Waals surface area contributed by atoms with Crippen LogP contribution >= 0.6 is 21.6 Å². The zero-order chi connectivity index (χ0) is 37.5. The topological polar surface area (TPSA) is 84.4 Å². The number of carbonyl (C=O) groups is 1. The van der Waals surface area contributed by atoms with Crippen molar-refractivity contribution in [3.05, 3.63) is 11.6 Å². The van der Waals surface area contributed by atoms with Gasteiger partial charge < -0.3 is 21.7 Å². The van der Waals surface area contributed by atoms with Gasteiger partial charge in [-0.2, -0.15) is 0 Å². The number of fused-ring (bicyclic) bond motifs is 5. The highest BCUT2D eigenvalue weighted by molar-refractivity contribution is 8.76. The lowest BCUT2D eigenvalue weighted by Crippen LogP contribution is -2.50. The molecule has 0 aromatic carbocycles. The minimum absolute atomic E-state index is 0.126. The van der Waals surface area contributed by atoms with Gasteiger partial charge in [-0.1, -0.05) is 87.1 Å². The summed E-state index contributed by atoms with van der Waals surface area (Å²) in [4.78, 5) is 15.5. The highest BCUT2D eigenvalue weighted by Gasteiger charge is 2.59. The first-order chi connectivity index (χ1) is 23.9. The lowest BCUT2D eigenvalue weighted by atomic mass is 9.47. The molecule has 3 saturated carbocycles. The Labute approximate surface area is 324 Å². The molecule has 0 aromatic rings. The molecule has 0 radical (unpaired) electrons. The summed E-state index contributed by atoms with van der Waals surface area (Å²) in [5, 5.41) is 4.20. The summed E-state index contributed by atoms with van der Waals surface area (Å²) in [5.74, 6) is 6.58. The highest BCUT2D eigenvalue weighted by atomic mass is 33.1. The van der Waals surface area contributed by atoms with E-state index < -0.39 is 0 Å². The molecular formula is C44H82N4OS2. The third kappa shape index (κ3) is 12.4. The Bertz CT molecular complexity index is 1110. The van der Waals surface area contributed by atoms with Crippen molar-refractivity contribution >= 4 is 27.5 Å². The zero-order valence-corrected chi connectivity index (χ0v) is 36.4. The van der Waals surface area contributed by atoms with E-state index in [1.165, 1.54) is 70.6 Å². The predicted molar refractivity (Wildman–Crippen MR) is 226 cm³/mol. The SMILES string of the molecule is CC(C)CCCC(C)[C@H]1CC[C@H]2[C@@H]3CC=C4C[C@@H](SSCCC(=O)N(CCCCNCCC(C)(C)N)CCC(C)(C)N)CC[C@]4(C)[C@H]3CC[C@]12C. The monoisotopic (exact) mass is 747 g/mol. The van der Waals surface area contributed by atoms with E-state index in [0.29, 0.717) is 28.4 Å². The molecule has 0 saturated heterocycles. The Kier molecular flexibility index (Phi) is 16.3. The lowest BCUT2D eigenvalue weighted by molar-refractivity contribution is -0.131. The third-order valence-corrected chi connectivity index (χ3v) is 17.1. The van der Waals surface area contributed by atoms with Crippen molar-refractivity contribution in [2.45, 2.75) is 181 Å². The second-order valence-corrected chi connectivity index (χ2v) is 22.9. The van der Waals surface area contributed by atoms with Crippen molar-refractivity contribution in [3.8, 4) is 0 Å². The normalized spacial score (nSPS) is 31.5. The molecule has 296 valence electrons. The number of allylic oxidation sites excluding steroid dienone is 2. The second kappa shape index (κ2) is 19.1. The number of nitrogens with two attached hydrogens (primary N) is 2. The molecule has 8 atom stereocenters. The molecule has 0 heterocycles. The van der Waals surface area contributed by atoms with Crippen LogP contribution in [0, 0.1) is 46.3 Å².